The predicted molar refractivity (Wildman–Crippen MR) is 43.2 cm³/mol. The summed E-state index contributed by atoms with van der Waals surface area (Å²) < 4.78 is 36.2. The molecule has 0 aliphatic rings. The average molecular weight is 200 g/mol. The minimum Gasteiger partial charge on any atom is -0.261 e. The van der Waals surface area contributed by atoms with Crippen LogP contribution in [0.1, 0.15) is 17.7 Å². The molecule has 2 nitrogen and oxygen atoms in total. The molecule has 0 radical (unpaired) electrons. The molecule has 0 amide bonds. The number of rotatable bonds is 2. The van der Waals surface area contributed by atoms with Gasteiger partial charge in [-0.15, -0.1) is 0 Å². The molecule has 1 rings (SSSR count). The molecule has 1 aromatic heterocycles. The molecule has 0 bridgehead atoms. The van der Waals surface area contributed by atoms with E-state index in [0.29, 0.717) is 12.1 Å². The summed E-state index contributed by atoms with van der Waals surface area (Å²) in [6, 6.07) is 4.16. The van der Waals surface area contributed by atoms with Crippen molar-refractivity contribution in [1.29, 1.82) is 5.26 Å². The lowest BCUT2D eigenvalue weighted by Crippen LogP contribution is -2.05. The first-order valence-corrected chi connectivity index (χ1v) is 3.93. The SMILES string of the molecule is N#CCCc1ccc(C(F)(F)F)cn1. The minimum atomic E-state index is -4.35. The van der Waals surface area contributed by atoms with E-state index in [2.05, 4.69) is 4.98 Å². The van der Waals surface area contributed by atoms with Gasteiger partial charge < -0.3 is 0 Å². The molecule has 0 saturated carbocycles. The Hall–Kier alpha value is -1.57. The Kier molecular flexibility index (Phi) is 3.07. The van der Waals surface area contributed by atoms with E-state index in [9.17, 15) is 13.2 Å². The Balaban J connectivity index is 2.75. The second kappa shape index (κ2) is 4.09. The zero-order chi connectivity index (χ0) is 10.6. The zero-order valence-electron chi connectivity index (χ0n) is 7.17. The van der Waals surface area contributed by atoms with Crippen molar-refractivity contribution < 1.29 is 13.2 Å². The van der Waals surface area contributed by atoms with E-state index in [4.69, 9.17) is 5.26 Å². The van der Waals surface area contributed by atoms with Gasteiger partial charge in [0, 0.05) is 24.7 Å². The van der Waals surface area contributed by atoms with Gasteiger partial charge in [-0.25, -0.2) is 0 Å². The fraction of sp³-hybridized carbons (Fsp3) is 0.333. The second-order valence-electron chi connectivity index (χ2n) is 2.69. The van der Waals surface area contributed by atoms with Gasteiger partial charge >= 0.3 is 6.18 Å². The van der Waals surface area contributed by atoms with Gasteiger partial charge in [0.05, 0.1) is 11.6 Å². The van der Waals surface area contributed by atoms with Gasteiger partial charge in [0.25, 0.3) is 0 Å². The highest BCUT2D eigenvalue weighted by molar-refractivity contribution is 5.17. The van der Waals surface area contributed by atoms with E-state index in [1.165, 1.54) is 6.07 Å². The highest BCUT2D eigenvalue weighted by atomic mass is 19.4. The Bertz CT molecular complexity index is 335. The van der Waals surface area contributed by atoms with Crippen molar-refractivity contribution >= 4 is 0 Å². The molecule has 0 saturated heterocycles. The van der Waals surface area contributed by atoms with E-state index >= 15 is 0 Å². The van der Waals surface area contributed by atoms with E-state index in [-0.39, 0.29) is 6.42 Å². The summed E-state index contributed by atoms with van der Waals surface area (Å²) >= 11 is 0. The van der Waals surface area contributed by atoms with E-state index in [1.54, 1.807) is 0 Å². The third kappa shape index (κ3) is 2.73. The number of alkyl halides is 3. The van der Waals surface area contributed by atoms with Crippen LogP contribution in [-0.2, 0) is 12.6 Å². The van der Waals surface area contributed by atoms with Crippen molar-refractivity contribution in [1.82, 2.24) is 4.98 Å². The molecule has 1 aromatic rings. The van der Waals surface area contributed by atoms with Crippen molar-refractivity contribution in [3.63, 3.8) is 0 Å². The second-order valence-corrected chi connectivity index (χ2v) is 2.69. The van der Waals surface area contributed by atoms with Gasteiger partial charge in [0.15, 0.2) is 0 Å². The number of hydrogen-bond donors (Lipinski definition) is 0. The zero-order valence-corrected chi connectivity index (χ0v) is 7.17. The summed E-state index contributed by atoms with van der Waals surface area (Å²) in [5.74, 6) is 0. The molecule has 0 aliphatic heterocycles. The van der Waals surface area contributed by atoms with Crippen LogP contribution >= 0.6 is 0 Å². The van der Waals surface area contributed by atoms with Crippen molar-refractivity contribution in [2.45, 2.75) is 19.0 Å². The van der Waals surface area contributed by atoms with E-state index < -0.39 is 11.7 Å². The number of halogens is 3. The summed E-state index contributed by atoms with van der Waals surface area (Å²) in [6.07, 6.45) is -2.92. The molecule has 14 heavy (non-hydrogen) atoms. The minimum absolute atomic E-state index is 0.262. The lowest BCUT2D eigenvalue weighted by molar-refractivity contribution is -0.137. The van der Waals surface area contributed by atoms with Crippen LogP contribution in [0.4, 0.5) is 13.2 Å². The highest BCUT2D eigenvalue weighted by Crippen LogP contribution is 2.28. The molecular weight excluding hydrogens is 193 g/mol. The molecule has 74 valence electrons. The fourth-order valence-corrected chi connectivity index (χ4v) is 0.924. The van der Waals surface area contributed by atoms with Gasteiger partial charge in [-0.2, -0.15) is 18.4 Å². The highest BCUT2D eigenvalue weighted by Gasteiger charge is 2.30. The number of aryl methyl sites for hydroxylation is 1. The Labute approximate surface area is 79.0 Å². The van der Waals surface area contributed by atoms with Crippen LogP contribution in [0.25, 0.3) is 0 Å². The van der Waals surface area contributed by atoms with Crippen molar-refractivity contribution in [3.05, 3.63) is 29.6 Å². The Morgan fingerprint density at radius 1 is 1.36 bits per heavy atom. The predicted octanol–water partition coefficient (Wildman–Crippen LogP) is 2.56. The van der Waals surface area contributed by atoms with Crippen LogP contribution in [0.3, 0.4) is 0 Å². The first-order valence-electron chi connectivity index (χ1n) is 3.93. The van der Waals surface area contributed by atoms with Crippen LogP contribution in [0.2, 0.25) is 0 Å². The average Bonchev–Trinajstić information content (AvgIpc) is 2.14. The Morgan fingerprint density at radius 2 is 2.07 bits per heavy atom. The van der Waals surface area contributed by atoms with Crippen molar-refractivity contribution in [2.24, 2.45) is 0 Å². The fourth-order valence-electron chi connectivity index (χ4n) is 0.924. The summed E-state index contributed by atoms with van der Waals surface area (Å²) in [6.45, 7) is 0. The van der Waals surface area contributed by atoms with Crippen molar-refractivity contribution in [3.8, 4) is 6.07 Å². The normalized spacial score (nSPS) is 11.0. The number of nitrogens with zero attached hydrogens (tertiary/aromatic N) is 2. The molecule has 0 atom stereocenters. The van der Waals surface area contributed by atoms with Crippen LogP contribution in [0.15, 0.2) is 18.3 Å². The molecule has 0 fully saturated rings. The maximum atomic E-state index is 12.1. The summed E-state index contributed by atoms with van der Waals surface area (Å²) in [4.78, 5) is 3.61. The van der Waals surface area contributed by atoms with Crippen LogP contribution in [0.5, 0.6) is 0 Å². The standard InChI is InChI=1S/C9H7F3N2/c10-9(11,12)7-3-4-8(14-6-7)2-1-5-13/h3-4,6H,1-2H2. The topological polar surface area (TPSA) is 36.7 Å². The van der Waals surface area contributed by atoms with Crippen LogP contribution < -0.4 is 0 Å². The number of pyridine rings is 1. The van der Waals surface area contributed by atoms with Crippen LogP contribution in [-0.4, -0.2) is 4.98 Å². The first kappa shape index (κ1) is 10.5. The van der Waals surface area contributed by atoms with Gasteiger partial charge in [-0.3, -0.25) is 4.98 Å². The van der Waals surface area contributed by atoms with Gasteiger partial charge in [-0.1, -0.05) is 0 Å². The molecule has 0 aromatic carbocycles. The lowest BCUT2D eigenvalue weighted by atomic mass is 10.2. The van der Waals surface area contributed by atoms with Gasteiger partial charge in [0.2, 0.25) is 0 Å². The van der Waals surface area contributed by atoms with E-state index in [0.717, 1.165) is 12.3 Å². The molecule has 0 N–H and O–H groups in total. The number of nitriles is 1. The maximum Gasteiger partial charge on any atom is 0.417 e. The third-order valence-corrected chi connectivity index (χ3v) is 1.65. The smallest absolute Gasteiger partial charge is 0.261 e. The summed E-state index contributed by atoms with van der Waals surface area (Å²) in [7, 11) is 0. The number of hydrogen-bond acceptors (Lipinski definition) is 2. The number of aromatic nitrogens is 1. The molecule has 0 unspecified atom stereocenters. The quantitative estimate of drug-likeness (QED) is 0.735. The maximum absolute atomic E-state index is 12.1. The van der Waals surface area contributed by atoms with E-state index in [1.807, 2.05) is 6.07 Å². The lowest BCUT2D eigenvalue weighted by Gasteiger charge is -2.05. The monoisotopic (exact) mass is 200 g/mol. The Morgan fingerprint density at radius 3 is 2.50 bits per heavy atom. The largest absolute Gasteiger partial charge is 0.417 e. The molecule has 1 heterocycles. The van der Waals surface area contributed by atoms with Gasteiger partial charge in [-0.05, 0) is 12.1 Å². The van der Waals surface area contributed by atoms with Crippen LogP contribution in [0, 0.1) is 11.3 Å². The van der Waals surface area contributed by atoms with Gasteiger partial charge in [0.1, 0.15) is 0 Å². The molecule has 5 heteroatoms. The molecule has 0 spiro atoms. The summed E-state index contributed by atoms with van der Waals surface area (Å²) in [5.41, 5.74) is -0.266. The third-order valence-electron chi connectivity index (χ3n) is 1.65. The molecule has 0 aliphatic carbocycles. The molecular formula is C9H7F3N2. The summed E-state index contributed by atoms with van der Waals surface area (Å²) in [5, 5.41) is 8.25. The van der Waals surface area contributed by atoms with Crippen molar-refractivity contribution in [2.75, 3.05) is 0 Å². The first-order chi connectivity index (χ1) is 6.54.